The van der Waals surface area contributed by atoms with Gasteiger partial charge in [-0.3, -0.25) is 4.79 Å². The summed E-state index contributed by atoms with van der Waals surface area (Å²) in [5.41, 5.74) is 0. The fourth-order valence-electron chi connectivity index (χ4n) is 7.89. The van der Waals surface area contributed by atoms with Crippen molar-refractivity contribution in [2.24, 2.45) is 0 Å². The Bertz CT molecular complexity index is 1220. The molecule has 0 aromatic carbocycles. The summed E-state index contributed by atoms with van der Waals surface area (Å²) in [6.07, 6.45) is -5.75. The number of allylic oxidation sites excluding steroid dienone is 1. The highest BCUT2D eigenvalue weighted by Crippen LogP contribution is 2.33. The summed E-state index contributed by atoms with van der Waals surface area (Å²) in [4.78, 5) is 13.0. The monoisotopic (exact) mass is 898 g/mol. The van der Waals surface area contributed by atoms with Crippen molar-refractivity contribution in [1.29, 1.82) is 0 Å². The first-order chi connectivity index (χ1) is 29.8. The van der Waals surface area contributed by atoms with Crippen LogP contribution in [-0.2, 0) is 33.2 Å². The second-order valence-corrected chi connectivity index (χ2v) is 16.9. The van der Waals surface area contributed by atoms with Gasteiger partial charge in [0.1, 0.15) is 73.2 Å². The van der Waals surface area contributed by atoms with Gasteiger partial charge in [-0.1, -0.05) is 109 Å². The van der Waals surface area contributed by atoms with E-state index in [1.165, 1.54) is 38.5 Å². The van der Waals surface area contributed by atoms with Crippen LogP contribution < -0.4 is 5.32 Å². The fraction of sp³-hybridized carbons (Fsp3) is 0.930. The van der Waals surface area contributed by atoms with Gasteiger partial charge in [0, 0.05) is 6.42 Å². The number of hydrogen-bond acceptors (Lipinski definition) is 18. The van der Waals surface area contributed by atoms with E-state index in [2.05, 4.69) is 19.2 Å². The van der Waals surface area contributed by atoms with Gasteiger partial charge in [0.15, 0.2) is 18.9 Å². The quantitative estimate of drug-likeness (QED) is 0.0320. The van der Waals surface area contributed by atoms with E-state index >= 15 is 0 Å². The minimum Gasteiger partial charge on any atom is -0.394 e. The molecule has 17 unspecified atom stereocenters. The lowest BCUT2D eigenvalue weighted by molar-refractivity contribution is -0.379. The molecule has 364 valence electrons. The zero-order valence-corrected chi connectivity index (χ0v) is 36.6. The topological polar surface area (TPSA) is 307 Å². The standard InChI is InChI=1S/C43H79NO18/c1-3-5-7-9-11-12-13-14-15-16-18-20-27(48)26(44-31(49)21-19-17-10-8-6-4-2)25-57-41-37(55)34(52)39(29(23-46)59-41)62-43-38(56)35(53)40(30(24-47)60-43)61-42-36(54)33(51)32(50)28(22-45)58-42/h18,20,26-30,32-43,45-48,50-56H,3-17,19,21-25H2,1-2H3,(H,44,49)/b20-18+. The van der Waals surface area contributed by atoms with E-state index in [1.54, 1.807) is 6.08 Å². The molecule has 3 rings (SSSR count). The Morgan fingerprint density at radius 1 is 0.565 bits per heavy atom. The summed E-state index contributed by atoms with van der Waals surface area (Å²) in [7, 11) is 0. The van der Waals surface area contributed by atoms with Crippen LogP contribution in [0.25, 0.3) is 0 Å². The number of carbonyl (C=O) groups excluding carboxylic acids is 1. The molecular formula is C43H79NO18. The number of carbonyl (C=O) groups is 1. The lowest BCUT2D eigenvalue weighted by Gasteiger charge is -2.48. The lowest BCUT2D eigenvalue weighted by atomic mass is 9.96. The van der Waals surface area contributed by atoms with Gasteiger partial charge in [-0.2, -0.15) is 0 Å². The summed E-state index contributed by atoms with van der Waals surface area (Å²) in [6.45, 7) is 1.57. The summed E-state index contributed by atoms with van der Waals surface area (Å²) < 4.78 is 33.9. The fourth-order valence-corrected chi connectivity index (χ4v) is 7.89. The maximum Gasteiger partial charge on any atom is 0.220 e. The smallest absolute Gasteiger partial charge is 0.220 e. The first-order valence-corrected chi connectivity index (χ1v) is 22.9. The number of rotatable bonds is 30. The van der Waals surface area contributed by atoms with E-state index in [1.807, 2.05) is 6.08 Å². The molecule has 3 aliphatic heterocycles. The molecule has 62 heavy (non-hydrogen) atoms. The molecule has 0 radical (unpaired) electrons. The second kappa shape index (κ2) is 29.9. The predicted molar refractivity (Wildman–Crippen MR) is 222 cm³/mol. The third-order valence-electron chi connectivity index (χ3n) is 11.8. The first-order valence-electron chi connectivity index (χ1n) is 22.9. The SMILES string of the molecule is CCCCCCCCCCC/C=C/C(O)C(COC1OC(CO)C(OC2OC(CO)C(OC3OC(CO)C(O)C(O)C3O)C(O)C2O)C(O)C1O)NC(=O)CCCCCCCC. The highest BCUT2D eigenvalue weighted by Gasteiger charge is 2.53. The Morgan fingerprint density at radius 2 is 1.00 bits per heavy atom. The molecule has 17 atom stereocenters. The van der Waals surface area contributed by atoms with Gasteiger partial charge in [0.25, 0.3) is 0 Å². The van der Waals surface area contributed by atoms with E-state index in [4.69, 9.17) is 28.4 Å². The van der Waals surface area contributed by atoms with Crippen molar-refractivity contribution >= 4 is 5.91 Å². The Hall–Kier alpha value is -1.47. The number of nitrogens with one attached hydrogen (secondary N) is 1. The number of amides is 1. The van der Waals surface area contributed by atoms with Crippen LogP contribution in [0.5, 0.6) is 0 Å². The Balaban J connectivity index is 1.60. The third-order valence-corrected chi connectivity index (χ3v) is 11.8. The van der Waals surface area contributed by atoms with Crippen LogP contribution in [0.1, 0.15) is 123 Å². The molecule has 3 fully saturated rings. The predicted octanol–water partition coefficient (Wildman–Crippen LogP) is -0.475. The van der Waals surface area contributed by atoms with Crippen molar-refractivity contribution in [2.45, 2.75) is 227 Å². The second-order valence-electron chi connectivity index (χ2n) is 16.9. The summed E-state index contributed by atoms with van der Waals surface area (Å²) in [6, 6.07) is -0.961. The lowest BCUT2D eigenvalue weighted by Crippen LogP contribution is -2.66. The number of ether oxygens (including phenoxy) is 6. The zero-order chi connectivity index (χ0) is 45.6. The Morgan fingerprint density at radius 3 is 1.52 bits per heavy atom. The normalized spacial score (nSPS) is 35.3. The Kier molecular flexibility index (Phi) is 26.5. The molecule has 19 nitrogen and oxygen atoms in total. The van der Waals surface area contributed by atoms with Gasteiger partial charge in [0.2, 0.25) is 5.91 Å². The van der Waals surface area contributed by atoms with Crippen molar-refractivity contribution in [3.8, 4) is 0 Å². The number of unbranched alkanes of at least 4 members (excludes halogenated alkanes) is 14. The molecule has 3 saturated heterocycles. The van der Waals surface area contributed by atoms with Crippen molar-refractivity contribution in [3.05, 3.63) is 12.2 Å². The van der Waals surface area contributed by atoms with E-state index in [-0.39, 0.29) is 18.9 Å². The minimum absolute atomic E-state index is 0.242. The van der Waals surface area contributed by atoms with Gasteiger partial charge >= 0.3 is 0 Å². The van der Waals surface area contributed by atoms with E-state index in [0.29, 0.717) is 6.42 Å². The molecule has 3 heterocycles. The van der Waals surface area contributed by atoms with E-state index in [0.717, 1.165) is 57.8 Å². The van der Waals surface area contributed by atoms with E-state index < -0.39 is 124 Å². The minimum atomic E-state index is -1.97. The molecule has 0 aromatic rings. The molecule has 3 aliphatic rings. The first kappa shape index (κ1) is 54.9. The Labute approximate surface area is 365 Å². The maximum atomic E-state index is 13.0. The van der Waals surface area contributed by atoms with Crippen molar-refractivity contribution in [2.75, 3.05) is 26.4 Å². The number of aliphatic hydroxyl groups excluding tert-OH is 11. The molecular weight excluding hydrogens is 818 g/mol. The van der Waals surface area contributed by atoms with Gasteiger partial charge in [0.05, 0.1) is 38.6 Å². The van der Waals surface area contributed by atoms with Gasteiger partial charge in [-0.05, 0) is 19.3 Å². The highest BCUT2D eigenvalue weighted by atomic mass is 16.8. The van der Waals surface area contributed by atoms with Crippen LogP contribution in [0.4, 0.5) is 0 Å². The average molecular weight is 898 g/mol. The van der Waals surface area contributed by atoms with Crippen LogP contribution in [0.2, 0.25) is 0 Å². The highest BCUT2D eigenvalue weighted by molar-refractivity contribution is 5.76. The summed E-state index contributed by atoms with van der Waals surface area (Å²) in [5.74, 6) is -0.289. The largest absolute Gasteiger partial charge is 0.394 e. The summed E-state index contributed by atoms with van der Waals surface area (Å²) in [5, 5.41) is 119. The summed E-state index contributed by atoms with van der Waals surface area (Å²) >= 11 is 0. The molecule has 1 amide bonds. The molecule has 0 aromatic heterocycles. The molecule has 0 bridgehead atoms. The molecule has 0 aliphatic carbocycles. The number of aliphatic hydroxyl groups is 11. The van der Waals surface area contributed by atoms with Crippen LogP contribution in [0.3, 0.4) is 0 Å². The molecule has 0 spiro atoms. The third kappa shape index (κ3) is 17.1. The number of hydrogen-bond donors (Lipinski definition) is 12. The maximum absolute atomic E-state index is 13.0. The van der Waals surface area contributed by atoms with Gasteiger partial charge < -0.3 is 89.9 Å². The van der Waals surface area contributed by atoms with Gasteiger partial charge in [-0.15, -0.1) is 0 Å². The molecule has 0 saturated carbocycles. The average Bonchev–Trinajstić information content (AvgIpc) is 3.26. The van der Waals surface area contributed by atoms with Crippen molar-refractivity contribution in [1.82, 2.24) is 5.32 Å². The molecule has 12 N–H and O–H groups in total. The zero-order valence-electron chi connectivity index (χ0n) is 36.6. The van der Waals surface area contributed by atoms with Gasteiger partial charge in [-0.25, -0.2) is 0 Å². The van der Waals surface area contributed by atoms with Crippen LogP contribution >= 0.6 is 0 Å². The van der Waals surface area contributed by atoms with Crippen LogP contribution in [-0.4, -0.2) is 193 Å². The van der Waals surface area contributed by atoms with E-state index in [9.17, 15) is 61.0 Å². The van der Waals surface area contributed by atoms with Crippen molar-refractivity contribution in [3.63, 3.8) is 0 Å². The van der Waals surface area contributed by atoms with Crippen molar-refractivity contribution < 1.29 is 89.4 Å². The van der Waals surface area contributed by atoms with Crippen LogP contribution in [0, 0.1) is 0 Å². The van der Waals surface area contributed by atoms with Crippen LogP contribution in [0.15, 0.2) is 12.2 Å². The molecule has 19 heteroatoms.